The standard InChI is InChI=1S/C10H21N3O4S2/c1-18(14,15)6-7-19(16,17)13-4-2-12(3-5-13)10-8-11-9-10/h10-11H,2-9H2,1H3. The molecule has 2 saturated heterocycles. The van der Waals surface area contributed by atoms with Gasteiger partial charge in [-0.05, 0) is 0 Å². The summed E-state index contributed by atoms with van der Waals surface area (Å²) < 4.78 is 47.6. The van der Waals surface area contributed by atoms with Gasteiger partial charge in [0.05, 0.1) is 11.5 Å². The van der Waals surface area contributed by atoms with Gasteiger partial charge in [-0.1, -0.05) is 0 Å². The molecule has 9 heteroatoms. The molecule has 2 fully saturated rings. The van der Waals surface area contributed by atoms with E-state index in [1.165, 1.54) is 4.31 Å². The highest BCUT2D eigenvalue weighted by Gasteiger charge is 2.32. The second-order valence-corrected chi connectivity index (χ2v) is 9.54. The molecule has 112 valence electrons. The Labute approximate surface area is 114 Å². The summed E-state index contributed by atoms with van der Waals surface area (Å²) in [6.07, 6.45) is 1.06. The highest BCUT2D eigenvalue weighted by Crippen LogP contribution is 2.13. The first-order chi connectivity index (χ1) is 8.78. The fraction of sp³-hybridized carbons (Fsp3) is 1.00. The topological polar surface area (TPSA) is 86.8 Å². The van der Waals surface area contributed by atoms with Crippen LogP contribution in [-0.4, -0.2) is 89.1 Å². The second kappa shape index (κ2) is 5.65. The van der Waals surface area contributed by atoms with Crippen molar-refractivity contribution in [1.82, 2.24) is 14.5 Å². The number of sulfone groups is 1. The van der Waals surface area contributed by atoms with E-state index in [1.807, 2.05) is 0 Å². The molecular formula is C10H21N3O4S2. The predicted octanol–water partition coefficient (Wildman–Crippen LogP) is -2.05. The lowest BCUT2D eigenvalue weighted by Gasteiger charge is -2.42. The predicted molar refractivity (Wildman–Crippen MR) is 73.3 cm³/mol. The Morgan fingerprint density at radius 2 is 1.58 bits per heavy atom. The van der Waals surface area contributed by atoms with Crippen LogP contribution in [0.3, 0.4) is 0 Å². The van der Waals surface area contributed by atoms with Crippen LogP contribution in [0.25, 0.3) is 0 Å². The van der Waals surface area contributed by atoms with Gasteiger partial charge in [0.1, 0.15) is 9.84 Å². The second-order valence-electron chi connectivity index (χ2n) is 5.19. The minimum absolute atomic E-state index is 0.303. The third kappa shape index (κ3) is 4.12. The van der Waals surface area contributed by atoms with Crippen LogP contribution in [0.4, 0.5) is 0 Å². The van der Waals surface area contributed by atoms with Crippen LogP contribution < -0.4 is 5.32 Å². The van der Waals surface area contributed by atoms with Gasteiger partial charge in [0, 0.05) is 51.6 Å². The van der Waals surface area contributed by atoms with Crippen LogP contribution >= 0.6 is 0 Å². The molecule has 19 heavy (non-hydrogen) atoms. The van der Waals surface area contributed by atoms with Crippen molar-refractivity contribution in [2.45, 2.75) is 6.04 Å². The van der Waals surface area contributed by atoms with E-state index in [0.29, 0.717) is 19.1 Å². The molecule has 0 aromatic carbocycles. The first-order valence-electron chi connectivity index (χ1n) is 6.38. The molecule has 2 heterocycles. The number of sulfonamides is 1. The van der Waals surface area contributed by atoms with Gasteiger partial charge in [0.2, 0.25) is 10.0 Å². The van der Waals surface area contributed by atoms with Crippen LogP contribution in [0.1, 0.15) is 0 Å². The summed E-state index contributed by atoms with van der Waals surface area (Å²) >= 11 is 0. The summed E-state index contributed by atoms with van der Waals surface area (Å²) in [6.45, 7) is 4.32. The molecule has 0 bridgehead atoms. The molecule has 0 saturated carbocycles. The summed E-state index contributed by atoms with van der Waals surface area (Å²) in [4.78, 5) is 2.29. The van der Waals surface area contributed by atoms with Gasteiger partial charge in [-0.3, -0.25) is 4.90 Å². The average molecular weight is 311 g/mol. The zero-order chi connectivity index (χ0) is 14.1. The third-order valence-corrected chi connectivity index (χ3v) is 6.73. The van der Waals surface area contributed by atoms with Gasteiger partial charge in [-0.15, -0.1) is 0 Å². The first kappa shape index (κ1) is 15.2. The van der Waals surface area contributed by atoms with Crippen molar-refractivity contribution >= 4 is 19.9 Å². The Hall–Kier alpha value is -0.220. The van der Waals surface area contributed by atoms with Crippen LogP contribution in [0, 0.1) is 0 Å². The van der Waals surface area contributed by atoms with Crippen molar-refractivity contribution < 1.29 is 16.8 Å². The van der Waals surface area contributed by atoms with E-state index >= 15 is 0 Å². The molecule has 2 aliphatic rings. The molecule has 1 N–H and O–H groups in total. The SMILES string of the molecule is CS(=O)(=O)CCS(=O)(=O)N1CCN(C2CNC2)CC1. The van der Waals surface area contributed by atoms with Crippen LogP contribution in [0.15, 0.2) is 0 Å². The minimum Gasteiger partial charge on any atom is -0.314 e. The van der Waals surface area contributed by atoms with Crippen LogP contribution in [0.5, 0.6) is 0 Å². The largest absolute Gasteiger partial charge is 0.314 e. The molecule has 0 aromatic rings. The fourth-order valence-electron chi connectivity index (χ4n) is 2.26. The van der Waals surface area contributed by atoms with E-state index in [4.69, 9.17) is 0 Å². The highest BCUT2D eigenvalue weighted by atomic mass is 32.2. The minimum atomic E-state index is -3.44. The number of nitrogens with one attached hydrogen (secondary N) is 1. The van der Waals surface area contributed by atoms with Crippen LogP contribution in [0.2, 0.25) is 0 Å². The van der Waals surface area contributed by atoms with Crippen LogP contribution in [-0.2, 0) is 19.9 Å². The van der Waals surface area contributed by atoms with Crippen molar-refractivity contribution in [2.75, 3.05) is 57.0 Å². The maximum atomic E-state index is 12.0. The van der Waals surface area contributed by atoms with Gasteiger partial charge in [-0.25, -0.2) is 16.8 Å². The third-order valence-electron chi connectivity index (χ3n) is 3.66. The first-order valence-corrected chi connectivity index (χ1v) is 10.1. The van der Waals surface area contributed by atoms with Gasteiger partial charge < -0.3 is 5.32 Å². The van der Waals surface area contributed by atoms with Crippen molar-refractivity contribution in [3.8, 4) is 0 Å². The summed E-state index contributed by atoms with van der Waals surface area (Å²) in [5.41, 5.74) is 0. The molecule has 0 unspecified atom stereocenters. The molecule has 0 spiro atoms. The van der Waals surface area contributed by atoms with E-state index in [2.05, 4.69) is 10.2 Å². The normalized spacial score (nSPS) is 24.3. The monoisotopic (exact) mass is 311 g/mol. The Bertz CT molecular complexity index is 505. The zero-order valence-electron chi connectivity index (χ0n) is 11.1. The Morgan fingerprint density at radius 3 is 2.00 bits per heavy atom. The number of piperazine rings is 1. The summed E-state index contributed by atoms with van der Waals surface area (Å²) in [5.74, 6) is -0.612. The Morgan fingerprint density at radius 1 is 1.00 bits per heavy atom. The van der Waals surface area contributed by atoms with E-state index in [0.717, 1.165) is 32.4 Å². The molecule has 0 aliphatic carbocycles. The number of nitrogens with zero attached hydrogens (tertiary/aromatic N) is 2. The molecule has 0 amide bonds. The lowest BCUT2D eigenvalue weighted by Crippen LogP contribution is -2.62. The van der Waals surface area contributed by atoms with Crippen molar-refractivity contribution in [3.63, 3.8) is 0 Å². The van der Waals surface area contributed by atoms with E-state index < -0.39 is 19.9 Å². The van der Waals surface area contributed by atoms with Crippen molar-refractivity contribution in [2.24, 2.45) is 0 Å². The smallest absolute Gasteiger partial charge is 0.215 e. The molecule has 2 aliphatic heterocycles. The average Bonchev–Trinajstić information content (AvgIpc) is 2.24. The van der Waals surface area contributed by atoms with Gasteiger partial charge >= 0.3 is 0 Å². The number of hydrogen-bond acceptors (Lipinski definition) is 6. The van der Waals surface area contributed by atoms with E-state index in [9.17, 15) is 16.8 Å². The Kier molecular flexibility index (Phi) is 4.51. The number of rotatable bonds is 5. The number of hydrogen-bond donors (Lipinski definition) is 1. The molecule has 7 nitrogen and oxygen atoms in total. The maximum absolute atomic E-state index is 12.0. The highest BCUT2D eigenvalue weighted by molar-refractivity contribution is 7.93. The molecule has 2 rings (SSSR count). The quantitative estimate of drug-likeness (QED) is 0.629. The van der Waals surface area contributed by atoms with E-state index in [-0.39, 0.29) is 11.5 Å². The molecule has 0 atom stereocenters. The summed E-state index contributed by atoms with van der Waals surface area (Å²) in [5, 5.41) is 3.20. The summed E-state index contributed by atoms with van der Waals surface area (Å²) in [7, 11) is -6.68. The molecule has 0 radical (unpaired) electrons. The van der Waals surface area contributed by atoms with Gasteiger partial charge in [0.25, 0.3) is 0 Å². The zero-order valence-corrected chi connectivity index (χ0v) is 12.7. The fourth-order valence-corrected chi connectivity index (χ4v) is 5.30. The summed E-state index contributed by atoms with van der Waals surface area (Å²) in [6, 6.07) is 0.529. The lowest BCUT2D eigenvalue weighted by atomic mass is 10.1. The molecule has 0 aromatic heterocycles. The van der Waals surface area contributed by atoms with Gasteiger partial charge in [0.15, 0.2) is 0 Å². The maximum Gasteiger partial charge on any atom is 0.215 e. The van der Waals surface area contributed by atoms with Gasteiger partial charge in [-0.2, -0.15) is 4.31 Å². The Balaban J connectivity index is 1.85. The van der Waals surface area contributed by atoms with Crippen molar-refractivity contribution in [3.05, 3.63) is 0 Å². The van der Waals surface area contributed by atoms with E-state index in [1.54, 1.807) is 0 Å². The molecular weight excluding hydrogens is 290 g/mol. The van der Waals surface area contributed by atoms with Crippen molar-refractivity contribution in [1.29, 1.82) is 0 Å². The lowest BCUT2D eigenvalue weighted by molar-refractivity contribution is 0.103.